The second-order valence-corrected chi connectivity index (χ2v) is 6.96. The van der Waals surface area contributed by atoms with Gasteiger partial charge in [-0.2, -0.15) is 0 Å². The lowest BCUT2D eigenvalue weighted by atomic mass is 9.97. The lowest BCUT2D eigenvalue weighted by molar-refractivity contribution is 0.0883. The van der Waals surface area contributed by atoms with Crippen LogP contribution in [0.2, 0.25) is 0 Å². The molecular formula is C23H28N2O2. The zero-order valence-electron chi connectivity index (χ0n) is 15.7. The van der Waals surface area contributed by atoms with Crippen molar-refractivity contribution in [1.82, 2.24) is 10.2 Å². The zero-order valence-corrected chi connectivity index (χ0v) is 15.7. The Labute approximate surface area is 161 Å². The SMILES string of the molecule is C=CCOCC1CCN(C(=O)NC(c2ccccc2)c2ccccc2)CC1. The Balaban J connectivity index is 1.61. The Bertz CT molecular complexity index is 670. The third-order valence-corrected chi connectivity index (χ3v) is 5.02. The summed E-state index contributed by atoms with van der Waals surface area (Å²) in [6, 6.07) is 20.1. The van der Waals surface area contributed by atoms with Crippen molar-refractivity contribution < 1.29 is 9.53 Å². The van der Waals surface area contributed by atoms with Crippen LogP contribution in [0.1, 0.15) is 30.0 Å². The van der Waals surface area contributed by atoms with E-state index in [0.29, 0.717) is 12.5 Å². The molecule has 0 unspecified atom stereocenters. The van der Waals surface area contributed by atoms with Gasteiger partial charge < -0.3 is 15.0 Å². The normalized spacial score (nSPS) is 14.9. The number of amides is 2. The second kappa shape index (κ2) is 9.93. The predicted octanol–water partition coefficient (Wildman–Crippen LogP) is 4.40. The summed E-state index contributed by atoms with van der Waals surface area (Å²) >= 11 is 0. The van der Waals surface area contributed by atoms with Crippen molar-refractivity contribution in [2.45, 2.75) is 18.9 Å². The molecule has 2 amide bonds. The third-order valence-electron chi connectivity index (χ3n) is 5.02. The summed E-state index contributed by atoms with van der Waals surface area (Å²) in [5, 5.41) is 3.23. The molecule has 2 aromatic rings. The largest absolute Gasteiger partial charge is 0.377 e. The van der Waals surface area contributed by atoms with Crippen LogP contribution in [0.3, 0.4) is 0 Å². The lowest BCUT2D eigenvalue weighted by Gasteiger charge is -2.33. The highest BCUT2D eigenvalue weighted by molar-refractivity contribution is 5.75. The van der Waals surface area contributed by atoms with Gasteiger partial charge in [-0.25, -0.2) is 4.79 Å². The summed E-state index contributed by atoms with van der Waals surface area (Å²) in [7, 11) is 0. The van der Waals surface area contributed by atoms with Gasteiger partial charge in [0.05, 0.1) is 12.6 Å². The summed E-state index contributed by atoms with van der Waals surface area (Å²) in [5.74, 6) is 0.521. The second-order valence-electron chi connectivity index (χ2n) is 6.96. The highest BCUT2D eigenvalue weighted by Gasteiger charge is 2.25. The standard InChI is InChI=1S/C23H28N2O2/c1-2-17-27-18-19-13-15-25(16-14-19)23(26)24-22(20-9-5-3-6-10-20)21-11-7-4-8-12-21/h2-12,19,22H,1,13-18H2,(H,24,26). The van der Waals surface area contributed by atoms with Crippen LogP contribution in [-0.4, -0.2) is 37.2 Å². The number of ether oxygens (including phenoxy) is 1. The molecule has 2 aromatic carbocycles. The number of rotatable bonds is 7. The molecule has 1 saturated heterocycles. The highest BCUT2D eigenvalue weighted by atomic mass is 16.5. The maximum Gasteiger partial charge on any atom is 0.318 e. The van der Waals surface area contributed by atoms with Crippen LogP contribution in [0.15, 0.2) is 73.3 Å². The molecule has 1 N–H and O–H groups in total. The van der Waals surface area contributed by atoms with Crippen molar-refractivity contribution in [1.29, 1.82) is 0 Å². The van der Waals surface area contributed by atoms with E-state index < -0.39 is 0 Å². The van der Waals surface area contributed by atoms with E-state index in [2.05, 4.69) is 36.2 Å². The fourth-order valence-corrected chi connectivity index (χ4v) is 3.49. The first-order valence-electron chi connectivity index (χ1n) is 9.62. The van der Waals surface area contributed by atoms with E-state index in [1.807, 2.05) is 41.3 Å². The van der Waals surface area contributed by atoms with Gasteiger partial charge in [0.25, 0.3) is 0 Å². The molecule has 3 rings (SSSR count). The molecule has 4 nitrogen and oxygen atoms in total. The van der Waals surface area contributed by atoms with Gasteiger partial charge in [0, 0.05) is 19.7 Å². The third kappa shape index (κ3) is 5.44. The van der Waals surface area contributed by atoms with Crippen molar-refractivity contribution in [2.24, 2.45) is 5.92 Å². The molecule has 1 aliphatic heterocycles. The number of nitrogens with zero attached hydrogens (tertiary/aromatic N) is 1. The van der Waals surface area contributed by atoms with Crippen LogP contribution in [0.5, 0.6) is 0 Å². The molecule has 1 aliphatic rings. The van der Waals surface area contributed by atoms with E-state index in [-0.39, 0.29) is 12.1 Å². The van der Waals surface area contributed by atoms with Crippen LogP contribution in [-0.2, 0) is 4.74 Å². The topological polar surface area (TPSA) is 41.6 Å². The number of nitrogens with one attached hydrogen (secondary N) is 1. The quantitative estimate of drug-likeness (QED) is 0.584. The van der Waals surface area contributed by atoms with Gasteiger partial charge in [-0.15, -0.1) is 6.58 Å². The smallest absolute Gasteiger partial charge is 0.318 e. The molecule has 0 spiro atoms. The van der Waals surface area contributed by atoms with Gasteiger partial charge in [-0.3, -0.25) is 0 Å². The molecule has 142 valence electrons. The van der Waals surface area contributed by atoms with Crippen molar-refractivity contribution >= 4 is 6.03 Å². The molecule has 1 fully saturated rings. The van der Waals surface area contributed by atoms with E-state index in [1.165, 1.54) is 0 Å². The number of likely N-dealkylation sites (tertiary alicyclic amines) is 1. The fraction of sp³-hybridized carbons (Fsp3) is 0.348. The minimum atomic E-state index is -0.145. The number of urea groups is 1. The lowest BCUT2D eigenvalue weighted by Crippen LogP contribution is -2.46. The van der Waals surface area contributed by atoms with E-state index in [9.17, 15) is 4.79 Å². The van der Waals surface area contributed by atoms with Crippen molar-refractivity contribution in [2.75, 3.05) is 26.3 Å². The van der Waals surface area contributed by atoms with Crippen molar-refractivity contribution in [3.63, 3.8) is 0 Å². The van der Waals surface area contributed by atoms with Gasteiger partial charge in [0.15, 0.2) is 0 Å². The monoisotopic (exact) mass is 364 g/mol. The number of carbonyl (C=O) groups excluding carboxylic acids is 1. The van der Waals surface area contributed by atoms with E-state index in [0.717, 1.165) is 43.7 Å². The molecule has 0 saturated carbocycles. The summed E-state index contributed by atoms with van der Waals surface area (Å²) in [5.41, 5.74) is 2.18. The Hall–Kier alpha value is -2.59. The molecule has 0 atom stereocenters. The molecule has 0 aliphatic carbocycles. The average molecular weight is 364 g/mol. The number of hydrogen-bond acceptors (Lipinski definition) is 2. The van der Waals surface area contributed by atoms with Crippen LogP contribution in [0, 0.1) is 5.92 Å². The molecular weight excluding hydrogens is 336 g/mol. The molecule has 1 heterocycles. The van der Waals surface area contributed by atoms with Crippen LogP contribution >= 0.6 is 0 Å². The van der Waals surface area contributed by atoms with Crippen LogP contribution in [0.4, 0.5) is 4.79 Å². The Morgan fingerprint density at radius 1 is 1.07 bits per heavy atom. The Kier molecular flexibility index (Phi) is 7.05. The van der Waals surface area contributed by atoms with Crippen LogP contribution < -0.4 is 5.32 Å². The van der Waals surface area contributed by atoms with E-state index in [4.69, 9.17) is 4.74 Å². The minimum absolute atomic E-state index is 0.00170. The fourth-order valence-electron chi connectivity index (χ4n) is 3.49. The molecule has 0 aromatic heterocycles. The minimum Gasteiger partial charge on any atom is -0.377 e. The van der Waals surface area contributed by atoms with Gasteiger partial charge in [0.1, 0.15) is 0 Å². The summed E-state index contributed by atoms with van der Waals surface area (Å²) < 4.78 is 5.56. The summed E-state index contributed by atoms with van der Waals surface area (Å²) in [6.45, 7) is 6.55. The van der Waals surface area contributed by atoms with E-state index >= 15 is 0 Å². The Morgan fingerprint density at radius 3 is 2.15 bits per heavy atom. The first kappa shape index (κ1) is 19.2. The number of benzene rings is 2. The molecule has 4 heteroatoms. The van der Waals surface area contributed by atoms with Gasteiger partial charge in [-0.05, 0) is 29.9 Å². The summed E-state index contributed by atoms with van der Waals surface area (Å²) in [4.78, 5) is 14.8. The van der Waals surface area contributed by atoms with Crippen LogP contribution in [0.25, 0.3) is 0 Å². The van der Waals surface area contributed by atoms with Gasteiger partial charge >= 0.3 is 6.03 Å². The average Bonchev–Trinajstić information content (AvgIpc) is 2.74. The molecule has 0 bridgehead atoms. The van der Waals surface area contributed by atoms with Crippen molar-refractivity contribution in [3.05, 3.63) is 84.4 Å². The first-order chi connectivity index (χ1) is 13.3. The number of hydrogen-bond donors (Lipinski definition) is 1. The zero-order chi connectivity index (χ0) is 18.9. The predicted molar refractivity (Wildman–Crippen MR) is 109 cm³/mol. The summed E-state index contributed by atoms with van der Waals surface area (Å²) in [6.07, 6.45) is 3.73. The first-order valence-corrected chi connectivity index (χ1v) is 9.62. The van der Waals surface area contributed by atoms with Gasteiger partial charge in [0.2, 0.25) is 0 Å². The molecule has 27 heavy (non-hydrogen) atoms. The van der Waals surface area contributed by atoms with Crippen molar-refractivity contribution in [3.8, 4) is 0 Å². The van der Waals surface area contributed by atoms with E-state index in [1.54, 1.807) is 6.08 Å². The maximum atomic E-state index is 12.9. The maximum absolute atomic E-state index is 12.9. The number of piperidine rings is 1. The van der Waals surface area contributed by atoms with Gasteiger partial charge in [-0.1, -0.05) is 66.7 Å². The Morgan fingerprint density at radius 2 is 1.63 bits per heavy atom. The number of carbonyl (C=O) groups is 1. The molecule has 0 radical (unpaired) electrons. The highest BCUT2D eigenvalue weighted by Crippen LogP contribution is 2.23.